The van der Waals surface area contributed by atoms with E-state index in [0.29, 0.717) is 6.04 Å². The minimum atomic E-state index is 0.690. The van der Waals surface area contributed by atoms with Crippen molar-refractivity contribution in [3.63, 3.8) is 0 Å². The Bertz CT molecular complexity index is 103. The van der Waals surface area contributed by atoms with Crippen LogP contribution in [-0.4, -0.2) is 39.4 Å². The van der Waals surface area contributed by atoms with Crippen LogP contribution in [0.4, 0.5) is 0 Å². The molecule has 1 aliphatic heterocycles. The third-order valence-corrected chi connectivity index (χ3v) is 2.28. The Morgan fingerprint density at radius 2 is 2.25 bits per heavy atom. The van der Waals surface area contributed by atoms with E-state index >= 15 is 0 Å². The molecule has 3 heteroatoms. The second-order valence-electron chi connectivity index (χ2n) is 3.34. The molecule has 1 heterocycles. The minimum absolute atomic E-state index is 0.690. The highest BCUT2D eigenvalue weighted by atomic mass is 16.5. The number of unbranched alkanes of at least 4 members (excludes halogenated alkanes) is 1. The van der Waals surface area contributed by atoms with E-state index in [0.717, 1.165) is 26.2 Å². The normalized spacial score (nSPS) is 24.2. The van der Waals surface area contributed by atoms with Crippen molar-refractivity contribution < 1.29 is 4.74 Å². The predicted molar refractivity (Wildman–Crippen MR) is 50.4 cm³/mol. The van der Waals surface area contributed by atoms with Gasteiger partial charge in [-0.2, -0.15) is 0 Å². The molecule has 1 saturated heterocycles. The van der Waals surface area contributed by atoms with Gasteiger partial charge in [-0.25, -0.2) is 0 Å². The number of rotatable bonds is 5. The standard InChI is InChI=1S/C9H20N2O/c1-12-7-3-2-4-9-8-10-5-6-11-9/h9-11H,2-8H2,1H3/t9-/m0/s1. The molecule has 0 spiro atoms. The number of piperazine rings is 1. The van der Waals surface area contributed by atoms with Gasteiger partial charge in [0.15, 0.2) is 0 Å². The lowest BCUT2D eigenvalue weighted by molar-refractivity contribution is 0.190. The average molecular weight is 172 g/mol. The Hall–Kier alpha value is -0.120. The summed E-state index contributed by atoms with van der Waals surface area (Å²) in [5, 5.41) is 6.87. The van der Waals surface area contributed by atoms with Crippen molar-refractivity contribution in [3.8, 4) is 0 Å². The lowest BCUT2D eigenvalue weighted by Crippen LogP contribution is -2.48. The molecule has 0 saturated carbocycles. The first-order chi connectivity index (χ1) is 5.93. The summed E-state index contributed by atoms with van der Waals surface area (Å²) in [6, 6.07) is 0.690. The van der Waals surface area contributed by atoms with Crippen LogP contribution in [0.3, 0.4) is 0 Å². The van der Waals surface area contributed by atoms with E-state index < -0.39 is 0 Å². The number of nitrogens with one attached hydrogen (secondary N) is 2. The molecule has 0 bridgehead atoms. The van der Waals surface area contributed by atoms with Gasteiger partial charge in [-0.05, 0) is 19.3 Å². The molecule has 12 heavy (non-hydrogen) atoms. The average Bonchev–Trinajstić information content (AvgIpc) is 2.14. The lowest BCUT2D eigenvalue weighted by atomic mass is 10.1. The van der Waals surface area contributed by atoms with E-state index in [2.05, 4.69) is 10.6 Å². The number of methoxy groups -OCH3 is 1. The van der Waals surface area contributed by atoms with Crippen molar-refractivity contribution >= 4 is 0 Å². The SMILES string of the molecule is COCCCC[C@H]1CNCCN1. The van der Waals surface area contributed by atoms with E-state index in [-0.39, 0.29) is 0 Å². The van der Waals surface area contributed by atoms with Gasteiger partial charge in [0.2, 0.25) is 0 Å². The van der Waals surface area contributed by atoms with Gasteiger partial charge in [0.25, 0.3) is 0 Å². The van der Waals surface area contributed by atoms with Gasteiger partial charge in [0.05, 0.1) is 0 Å². The lowest BCUT2D eigenvalue weighted by Gasteiger charge is -2.24. The van der Waals surface area contributed by atoms with Crippen LogP contribution in [-0.2, 0) is 4.74 Å². The summed E-state index contributed by atoms with van der Waals surface area (Å²) < 4.78 is 5.00. The summed E-state index contributed by atoms with van der Waals surface area (Å²) in [7, 11) is 1.76. The molecule has 72 valence electrons. The predicted octanol–water partition coefficient (Wildman–Crippen LogP) is 0.365. The molecule has 0 radical (unpaired) electrons. The fraction of sp³-hybridized carbons (Fsp3) is 1.00. The van der Waals surface area contributed by atoms with E-state index in [1.165, 1.54) is 19.3 Å². The molecular formula is C9H20N2O. The zero-order valence-corrected chi connectivity index (χ0v) is 7.94. The Kier molecular flexibility index (Phi) is 5.32. The molecular weight excluding hydrogens is 152 g/mol. The topological polar surface area (TPSA) is 33.3 Å². The molecule has 1 fully saturated rings. The number of hydrogen-bond donors (Lipinski definition) is 2. The summed E-state index contributed by atoms with van der Waals surface area (Å²) in [5.41, 5.74) is 0. The maximum atomic E-state index is 5.00. The fourth-order valence-electron chi connectivity index (χ4n) is 1.55. The highest BCUT2D eigenvalue weighted by Crippen LogP contribution is 2.01. The summed E-state index contributed by atoms with van der Waals surface area (Å²) in [6.07, 6.45) is 3.73. The summed E-state index contributed by atoms with van der Waals surface area (Å²) >= 11 is 0. The van der Waals surface area contributed by atoms with E-state index in [4.69, 9.17) is 4.74 Å². The van der Waals surface area contributed by atoms with Crippen LogP contribution in [0.1, 0.15) is 19.3 Å². The quantitative estimate of drug-likeness (QED) is 0.588. The van der Waals surface area contributed by atoms with E-state index in [1.54, 1.807) is 7.11 Å². The molecule has 1 rings (SSSR count). The molecule has 0 aromatic heterocycles. The second kappa shape index (κ2) is 6.40. The molecule has 0 unspecified atom stereocenters. The highest BCUT2D eigenvalue weighted by molar-refractivity contribution is 4.74. The third-order valence-electron chi connectivity index (χ3n) is 2.28. The van der Waals surface area contributed by atoms with Crippen LogP contribution >= 0.6 is 0 Å². The number of hydrogen-bond acceptors (Lipinski definition) is 3. The summed E-state index contributed by atoms with van der Waals surface area (Å²) in [6.45, 7) is 4.27. The first-order valence-corrected chi connectivity index (χ1v) is 4.86. The molecule has 2 N–H and O–H groups in total. The van der Waals surface area contributed by atoms with Crippen LogP contribution in [0.2, 0.25) is 0 Å². The Labute approximate surface area is 74.9 Å². The minimum Gasteiger partial charge on any atom is -0.385 e. The zero-order chi connectivity index (χ0) is 8.65. The molecule has 0 aromatic carbocycles. The Morgan fingerprint density at radius 3 is 2.92 bits per heavy atom. The van der Waals surface area contributed by atoms with Gasteiger partial charge in [-0.1, -0.05) is 0 Å². The smallest absolute Gasteiger partial charge is 0.0462 e. The highest BCUT2D eigenvalue weighted by Gasteiger charge is 2.10. The van der Waals surface area contributed by atoms with Crippen LogP contribution < -0.4 is 10.6 Å². The largest absolute Gasteiger partial charge is 0.385 e. The number of ether oxygens (including phenoxy) is 1. The van der Waals surface area contributed by atoms with Crippen molar-refractivity contribution in [2.45, 2.75) is 25.3 Å². The van der Waals surface area contributed by atoms with Gasteiger partial charge in [-0.15, -0.1) is 0 Å². The molecule has 0 aliphatic carbocycles. The second-order valence-corrected chi connectivity index (χ2v) is 3.34. The maximum absolute atomic E-state index is 5.00. The molecule has 0 aromatic rings. The van der Waals surface area contributed by atoms with E-state index in [9.17, 15) is 0 Å². The summed E-state index contributed by atoms with van der Waals surface area (Å²) in [5.74, 6) is 0. The van der Waals surface area contributed by atoms with Crippen LogP contribution in [0.5, 0.6) is 0 Å². The molecule has 3 nitrogen and oxygen atoms in total. The Balaban J connectivity index is 1.91. The van der Waals surface area contributed by atoms with Gasteiger partial charge in [0, 0.05) is 39.4 Å². The van der Waals surface area contributed by atoms with Crippen molar-refractivity contribution in [1.29, 1.82) is 0 Å². The van der Waals surface area contributed by atoms with Gasteiger partial charge >= 0.3 is 0 Å². The molecule has 0 amide bonds. The monoisotopic (exact) mass is 172 g/mol. The summed E-state index contributed by atoms with van der Waals surface area (Å²) in [4.78, 5) is 0. The first kappa shape index (κ1) is 9.96. The maximum Gasteiger partial charge on any atom is 0.0462 e. The van der Waals surface area contributed by atoms with Crippen molar-refractivity contribution in [3.05, 3.63) is 0 Å². The van der Waals surface area contributed by atoms with Gasteiger partial charge in [0.1, 0.15) is 0 Å². The van der Waals surface area contributed by atoms with Crippen LogP contribution in [0.25, 0.3) is 0 Å². The fourth-order valence-corrected chi connectivity index (χ4v) is 1.55. The van der Waals surface area contributed by atoms with Crippen molar-refractivity contribution in [2.24, 2.45) is 0 Å². The van der Waals surface area contributed by atoms with Crippen LogP contribution in [0.15, 0.2) is 0 Å². The van der Waals surface area contributed by atoms with Gasteiger partial charge < -0.3 is 15.4 Å². The van der Waals surface area contributed by atoms with E-state index in [1.807, 2.05) is 0 Å². The van der Waals surface area contributed by atoms with Crippen molar-refractivity contribution in [2.75, 3.05) is 33.4 Å². The molecule has 1 atom stereocenters. The third kappa shape index (κ3) is 4.04. The first-order valence-electron chi connectivity index (χ1n) is 4.86. The molecule has 1 aliphatic rings. The van der Waals surface area contributed by atoms with Gasteiger partial charge in [-0.3, -0.25) is 0 Å². The Morgan fingerprint density at radius 1 is 1.33 bits per heavy atom. The van der Waals surface area contributed by atoms with Crippen LogP contribution in [0, 0.1) is 0 Å². The van der Waals surface area contributed by atoms with Crippen molar-refractivity contribution in [1.82, 2.24) is 10.6 Å². The zero-order valence-electron chi connectivity index (χ0n) is 7.94.